The Balaban J connectivity index is 1.87. The van der Waals surface area contributed by atoms with Crippen LogP contribution in [0, 0.1) is 11.4 Å². The molecule has 0 bridgehead atoms. The van der Waals surface area contributed by atoms with Crippen molar-refractivity contribution < 1.29 is 9.27 Å². The van der Waals surface area contributed by atoms with Crippen molar-refractivity contribution in [3.05, 3.63) is 115 Å². The summed E-state index contributed by atoms with van der Waals surface area (Å²) in [6.45, 7) is 22.4. The van der Waals surface area contributed by atoms with E-state index in [1.54, 1.807) is 9.27 Å². The molecule has 2 atom stereocenters. The second-order valence-corrected chi connectivity index (χ2v) is 7.39. The second-order valence-electron chi connectivity index (χ2n) is 7.39. The Hall–Kier alpha value is -3.55. The summed E-state index contributed by atoms with van der Waals surface area (Å²) < 4.78 is 3.34. The lowest BCUT2D eigenvalue weighted by atomic mass is 10.1. The highest BCUT2D eigenvalue weighted by Gasteiger charge is 2.53. The number of hydrogen-bond donors (Lipinski definition) is 1. The molecule has 0 amide bonds. The SMILES string of the molecule is C=Cc1ccccc1C=C=CC[N+](=N)C1CC1C(=C)[N+](=C)C(=C)C=CC=CC(=C)C. The van der Waals surface area contributed by atoms with Gasteiger partial charge in [0.25, 0.3) is 0 Å². The Labute approximate surface area is 180 Å². The molecule has 1 aliphatic carbocycles. The van der Waals surface area contributed by atoms with Gasteiger partial charge in [0.05, 0.1) is 0 Å². The van der Waals surface area contributed by atoms with Crippen LogP contribution >= 0.6 is 0 Å². The summed E-state index contributed by atoms with van der Waals surface area (Å²) >= 11 is 0. The number of nitrogens with zero attached hydrogens (tertiary/aromatic N) is 2. The number of hydrogen-bond acceptors (Lipinski definition) is 1. The molecular weight excluding hydrogens is 366 g/mol. The van der Waals surface area contributed by atoms with Gasteiger partial charge in [0.2, 0.25) is 5.70 Å². The van der Waals surface area contributed by atoms with E-state index < -0.39 is 0 Å². The highest BCUT2D eigenvalue weighted by Crippen LogP contribution is 2.39. The minimum absolute atomic E-state index is 0.139. The highest BCUT2D eigenvalue weighted by molar-refractivity contribution is 5.63. The van der Waals surface area contributed by atoms with Crippen LogP contribution in [-0.4, -0.2) is 28.6 Å². The topological polar surface area (TPSA) is 29.9 Å². The van der Waals surface area contributed by atoms with Gasteiger partial charge in [-0.1, -0.05) is 72.8 Å². The summed E-state index contributed by atoms with van der Waals surface area (Å²) in [7, 11) is 0. The molecule has 3 heteroatoms. The zero-order valence-corrected chi connectivity index (χ0v) is 17.8. The van der Waals surface area contributed by atoms with Crippen molar-refractivity contribution in [2.45, 2.75) is 19.4 Å². The molecule has 0 aromatic heterocycles. The molecule has 1 aromatic carbocycles. The van der Waals surface area contributed by atoms with Crippen LogP contribution in [0.25, 0.3) is 12.2 Å². The smallest absolute Gasteiger partial charge is 0.172 e. The predicted molar refractivity (Wildman–Crippen MR) is 128 cm³/mol. The van der Waals surface area contributed by atoms with Crippen molar-refractivity contribution in [1.29, 1.82) is 5.53 Å². The van der Waals surface area contributed by atoms with Gasteiger partial charge < -0.3 is 0 Å². The Kier molecular flexibility index (Phi) is 8.22. The molecule has 0 radical (unpaired) electrons. The Morgan fingerprint density at radius 2 is 1.83 bits per heavy atom. The van der Waals surface area contributed by atoms with Crippen molar-refractivity contribution >= 4 is 18.9 Å². The van der Waals surface area contributed by atoms with Gasteiger partial charge in [0, 0.05) is 18.6 Å². The van der Waals surface area contributed by atoms with Gasteiger partial charge >= 0.3 is 0 Å². The summed E-state index contributed by atoms with van der Waals surface area (Å²) in [5, 5.41) is 0. The molecule has 0 saturated heterocycles. The van der Waals surface area contributed by atoms with Crippen molar-refractivity contribution in [3.8, 4) is 0 Å². The molecule has 152 valence electrons. The largest absolute Gasteiger partial charge is 0.203 e. The van der Waals surface area contributed by atoms with Crippen LogP contribution in [-0.2, 0) is 0 Å². The first-order valence-corrected chi connectivity index (χ1v) is 9.94. The van der Waals surface area contributed by atoms with E-state index in [-0.39, 0.29) is 12.0 Å². The van der Waals surface area contributed by atoms with Crippen LogP contribution in [0.2, 0.25) is 0 Å². The zero-order valence-electron chi connectivity index (χ0n) is 17.8. The second kappa shape index (κ2) is 10.8. The third kappa shape index (κ3) is 6.51. The Bertz CT molecular complexity index is 1010. The first-order chi connectivity index (χ1) is 14.3. The van der Waals surface area contributed by atoms with E-state index in [4.69, 9.17) is 5.53 Å². The van der Waals surface area contributed by atoms with Crippen LogP contribution < -0.4 is 0 Å². The Morgan fingerprint density at radius 1 is 1.17 bits per heavy atom. The van der Waals surface area contributed by atoms with E-state index in [0.29, 0.717) is 6.54 Å². The molecule has 0 heterocycles. The van der Waals surface area contributed by atoms with E-state index >= 15 is 0 Å². The lowest BCUT2D eigenvalue weighted by molar-refractivity contribution is -0.622. The fourth-order valence-corrected chi connectivity index (χ4v) is 3.01. The fraction of sp³-hybridized carbons (Fsp3) is 0.185. The minimum Gasteiger partial charge on any atom is -0.172 e. The fourth-order valence-electron chi connectivity index (χ4n) is 3.01. The summed E-state index contributed by atoms with van der Waals surface area (Å²) in [6, 6.07) is 8.15. The van der Waals surface area contributed by atoms with Crippen molar-refractivity contribution in [3.63, 3.8) is 0 Å². The van der Waals surface area contributed by atoms with E-state index in [2.05, 4.69) is 38.8 Å². The molecule has 0 spiro atoms. The molecule has 1 aromatic rings. The summed E-state index contributed by atoms with van der Waals surface area (Å²) in [4.78, 5) is 0. The van der Waals surface area contributed by atoms with Gasteiger partial charge in [-0.3, -0.25) is 0 Å². The molecule has 1 saturated carbocycles. The molecule has 2 rings (SSSR count). The van der Waals surface area contributed by atoms with E-state index in [0.717, 1.165) is 34.5 Å². The van der Waals surface area contributed by atoms with Crippen LogP contribution in [0.15, 0.2) is 104 Å². The third-order valence-corrected chi connectivity index (χ3v) is 4.92. The monoisotopic (exact) mass is 397 g/mol. The van der Waals surface area contributed by atoms with Crippen molar-refractivity contribution in [2.24, 2.45) is 5.92 Å². The standard InChI is InChI=1S/C27H31N3/c1-7-24-16-10-11-17-25(24)18-12-13-19-30(28)27-20-26(27)23(5)29(6)22(4)15-9-8-14-21(2)3/h7-11,13-18,26-28H,1-2,4-6,19-20H2,3H3/q+2. The third-order valence-electron chi connectivity index (χ3n) is 4.92. The molecule has 30 heavy (non-hydrogen) atoms. The first kappa shape index (κ1) is 22.7. The maximum Gasteiger partial charge on any atom is 0.203 e. The number of benzene rings is 1. The molecule has 1 N–H and O–H groups in total. The van der Waals surface area contributed by atoms with Gasteiger partial charge in [-0.25, -0.2) is 0 Å². The lowest BCUT2D eigenvalue weighted by Crippen LogP contribution is -2.16. The predicted octanol–water partition coefficient (Wildman–Crippen LogP) is 6.36. The van der Waals surface area contributed by atoms with Gasteiger partial charge in [-0.05, 0) is 37.3 Å². The lowest BCUT2D eigenvalue weighted by Gasteiger charge is -2.01. The average molecular weight is 398 g/mol. The van der Waals surface area contributed by atoms with Crippen molar-refractivity contribution in [1.82, 2.24) is 0 Å². The van der Waals surface area contributed by atoms with Gasteiger partial charge in [-0.15, -0.1) is 10.4 Å². The molecule has 1 aliphatic rings. The van der Waals surface area contributed by atoms with E-state index in [9.17, 15) is 0 Å². The van der Waals surface area contributed by atoms with E-state index in [1.165, 1.54) is 0 Å². The Morgan fingerprint density at radius 3 is 2.50 bits per heavy atom. The quantitative estimate of drug-likeness (QED) is 0.148. The maximum absolute atomic E-state index is 8.30. The highest BCUT2D eigenvalue weighted by atomic mass is 15.2. The minimum atomic E-state index is 0.139. The molecule has 1 fully saturated rings. The molecular formula is C27H31N3+2. The normalized spacial score (nSPS) is 17.2. The van der Waals surface area contributed by atoms with E-state index in [1.807, 2.05) is 73.7 Å². The van der Waals surface area contributed by atoms with Crippen LogP contribution in [0.5, 0.6) is 0 Å². The summed E-state index contributed by atoms with van der Waals surface area (Å²) in [6.07, 6.45) is 14.2. The first-order valence-electron chi connectivity index (χ1n) is 9.94. The number of allylic oxidation sites excluding steroid dienone is 5. The van der Waals surface area contributed by atoms with Crippen molar-refractivity contribution in [2.75, 3.05) is 6.54 Å². The van der Waals surface area contributed by atoms with Gasteiger partial charge in [0.15, 0.2) is 18.3 Å². The van der Waals surface area contributed by atoms with Gasteiger partial charge in [0.1, 0.15) is 12.6 Å². The molecule has 3 nitrogen and oxygen atoms in total. The maximum atomic E-state index is 8.30. The van der Waals surface area contributed by atoms with Crippen LogP contribution in [0.1, 0.15) is 24.5 Å². The number of nitrogens with one attached hydrogen (secondary N) is 1. The number of rotatable bonds is 11. The van der Waals surface area contributed by atoms with Crippen LogP contribution in [0.4, 0.5) is 0 Å². The zero-order chi connectivity index (χ0) is 22.1. The molecule has 2 unspecified atom stereocenters. The summed E-state index contributed by atoms with van der Waals surface area (Å²) in [5.74, 6) is 0.218. The van der Waals surface area contributed by atoms with Gasteiger partial charge in [-0.2, -0.15) is 4.58 Å². The molecule has 0 aliphatic heterocycles. The average Bonchev–Trinajstić information content (AvgIpc) is 3.54. The van der Waals surface area contributed by atoms with Crippen LogP contribution in [0.3, 0.4) is 0 Å². The summed E-state index contributed by atoms with van der Waals surface area (Å²) in [5.41, 5.74) is 16.2.